The molecule has 0 saturated heterocycles. The van der Waals surface area contributed by atoms with Crippen LogP contribution in [0.1, 0.15) is 23.1 Å². The summed E-state index contributed by atoms with van der Waals surface area (Å²) in [7, 11) is 0. The summed E-state index contributed by atoms with van der Waals surface area (Å²) in [5, 5.41) is 20.7. The van der Waals surface area contributed by atoms with Crippen LogP contribution in [0.2, 0.25) is 0 Å². The van der Waals surface area contributed by atoms with Crippen molar-refractivity contribution in [1.82, 2.24) is 5.32 Å². The van der Waals surface area contributed by atoms with Crippen molar-refractivity contribution in [2.45, 2.75) is 19.4 Å². The minimum atomic E-state index is -0.0209. The summed E-state index contributed by atoms with van der Waals surface area (Å²) in [4.78, 5) is 11.8. The molecule has 0 aromatic heterocycles. The molecule has 0 fully saturated rings. The van der Waals surface area contributed by atoms with Gasteiger partial charge < -0.3 is 10.4 Å². The van der Waals surface area contributed by atoms with E-state index in [-0.39, 0.29) is 11.7 Å². The molecular formula is C17H16N2O2. The maximum Gasteiger partial charge on any atom is 0.220 e. The van der Waals surface area contributed by atoms with Crippen LogP contribution in [0.4, 0.5) is 0 Å². The summed E-state index contributed by atoms with van der Waals surface area (Å²) >= 11 is 0. The number of phenols is 1. The lowest BCUT2D eigenvalue weighted by Crippen LogP contribution is -2.22. The van der Waals surface area contributed by atoms with Crippen molar-refractivity contribution in [2.24, 2.45) is 0 Å². The molecule has 2 aromatic rings. The smallest absolute Gasteiger partial charge is 0.220 e. The molecule has 1 amide bonds. The van der Waals surface area contributed by atoms with E-state index >= 15 is 0 Å². The molecule has 0 atom stereocenters. The van der Waals surface area contributed by atoms with Gasteiger partial charge in [-0.1, -0.05) is 24.3 Å². The zero-order valence-electron chi connectivity index (χ0n) is 11.5. The summed E-state index contributed by atoms with van der Waals surface area (Å²) in [6.45, 7) is 0.458. The third-order valence-electron chi connectivity index (χ3n) is 3.15. The first-order valence-corrected chi connectivity index (χ1v) is 6.71. The number of nitrogens with one attached hydrogen (secondary N) is 1. The van der Waals surface area contributed by atoms with Crippen LogP contribution in [0.15, 0.2) is 48.5 Å². The number of aryl methyl sites for hydroxylation is 1. The molecule has 2 N–H and O–H groups in total. The van der Waals surface area contributed by atoms with Crippen molar-refractivity contribution in [3.63, 3.8) is 0 Å². The predicted molar refractivity (Wildman–Crippen MR) is 79.4 cm³/mol. The molecule has 2 rings (SSSR count). The number of carbonyl (C=O) groups excluding carboxylic acids is 1. The molecule has 4 nitrogen and oxygen atoms in total. The maximum absolute atomic E-state index is 11.8. The van der Waals surface area contributed by atoms with Crippen molar-refractivity contribution < 1.29 is 9.90 Å². The highest BCUT2D eigenvalue weighted by Gasteiger charge is 2.03. The Morgan fingerprint density at radius 3 is 2.29 bits per heavy atom. The van der Waals surface area contributed by atoms with Gasteiger partial charge in [-0.15, -0.1) is 0 Å². The molecule has 106 valence electrons. The first kappa shape index (κ1) is 14.6. The van der Waals surface area contributed by atoms with E-state index in [4.69, 9.17) is 5.26 Å². The average molecular weight is 280 g/mol. The van der Waals surface area contributed by atoms with Crippen LogP contribution in [0.3, 0.4) is 0 Å². The summed E-state index contributed by atoms with van der Waals surface area (Å²) in [5.41, 5.74) is 2.59. The van der Waals surface area contributed by atoms with Crippen molar-refractivity contribution in [1.29, 1.82) is 5.26 Å². The maximum atomic E-state index is 11.8. The van der Waals surface area contributed by atoms with E-state index in [1.807, 2.05) is 24.3 Å². The fourth-order valence-corrected chi connectivity index (χ4v) is 1.91. The number of hydrogen-bond acceptors (Lipinski definition) is 3. The average Bonchev–Trinajstić information content (AvgIpc) is 2.53. The molecule has 0 unspecified atom stereocenters. The third-order valence-corrected chi connectivity index (χ3v) is 3.15. The number of nitrogens with zero attached hydrogens (tertiary/aromatic N) is 1. The van der Waals surface area contributed by atoms with Crippen LogP contribution < -0.4 is 5.32 Å². The standard InChI is InChI=1S/C17H16N2O2/c18-11-14-1-3-15(4-2-14)12-19-17(21)10-7-13-5-8-16(20)9-6-13/h1-6,8-9,20H,7,10,12H2,(H,19,21). The number of phenolic OH excluding ortho intramolecular Hbond substituents is 1. The molecule has 0 aliphatic carbocycles. The first-order valence-electron chi connectivity index (χ1n) is 6.71. The van der Waals surface area contributed by atoms with E-state index in [0.29, 0.717) is 24.9 Å². The Bertz CT molecular complexity index is 640. The lowest BCUT2D eigenvalue weighted by atomic mass is 10.1. The van der Waals surface area contributed by atoms with Gasteiger partial charge in [0.15, 0.2) is 0 Å². The van der Waals surface area contributed by atoms with Crippen molar-refractivity contribution in [2.75, 3.05) is 0 Å². The number of carbonyl (C=O) groups is 1. The van der Waals surface area contributed by atoms with E-state index in [2.05, 4.69) is 11.4 Å². The number of amides is 1. The number of aromatic hydroxyl groups is 1. The van der Waals surface area contributed by atoms with E-state index in [0.717, 1.165) is 11.1 Å². The highest BCUT2D eigenvalue weighted by atomic mass is 16.3. The van der Waals surface area contributed by atoms with E-state index in [9.17, 15) is 9.90 Å². The Balaban J connectivity index is 1.76. The monoisotopic (exact) mass is 280 g/mol. The summed E-state index contributed by atoms with van der Waals surface area (Å²) in [6.07, 6.45) is 1.04. The molecular weight excluding hydrogens is 264 g/mol. The summed E-state index contributed by atoms with van der Waals surface area (Å²) < 4.78 is 0. The second-order valence-electron chi connectivity index (χ2n) is 4.75. The van der Waals surface area contributed by atoms with Gasteiger partial charge in [0.05, 0.1) is 11.6 Å². The fourth-order valence-electron chi connectivity index (χ4n) is 1.91. The van der Waals surface area contributed by atoms with Gasteiger partial charge >= 0.3 is 0 Å². The zero-order chi connectivity index (χ0) is 15.1. The Kier molecular flexibility index (Phi) is 4.94. The highest BCUT2D eigenvalue weighted by molar-refractivity contribution is 5.76. The van der Waals surface area contributed by atoms with Crippen LogP contribution in [-0.4, -0.2) is 11.0 Å². The van der Waals surface area contributed by atoms with Gasteiger partial charge in [0.25, 0.3) is 0 Å². The summed E-state index contributed by atoms with van der Waals surface area (Å²) in [5.74, 6) is 0.205. The molecule has 0 spiro atoms. The third kappa shape index (κ3) is 4.66. The van der Waals surface area contributed by atoms with Gasteiger partial charge in [0.2, 0.25) is 5.91 Å². The molecule has 4 heteroatoms. The Morgan fingerprint density at radius 2 is 1.67 bits per heavy atom. The van der Waals surface area contributed by atoms with Gasteiger partial charge in [-0.05, 0) is 41.8 Å². The van der Waals surface area contributed by atoms with Gasteiger partial charge in [0, 0.05) is 13.0 Å². The number of nitriles is 1. The molecule has 0 radical (unpaired) electrons. The highest BCUT2D eigenvalue weighted by Crippen LogP contribution is 2.11. The quantitative estimate of drug-likeness (QED) is 0.883. The van der Waals surface area contributed by atoms with E-state index in [1.165, 1.54) is 0 Å². The second-order valence-corrected chi connectivity index (χ2v) is 4.75. The van der Waals surface area contributed by atoms with E-state index in [1.54, 1.807) is 24.3 Å². The van der Waals surface area contributed by atoms with Crippen LogP contribution >= 0.6 is 0 Å². The van der Waals surface area contributed by atoms with Gasteiger partial charge in [-0.3, -0.25) is 4.79 Å². The first-order chi connectivity index (χ1) is 10.2. The SMILES string of the molecule is N#Cc1ccc(CNC(=O)CCc2ccc(O)cc2)cc1. The zero-order valence-corrected chi connectivity index (χ0v) is 11.5. The molecule has 2 aromatic carbocycles. The minimum absolute atomic E-state index is 0.0209. The van der Waals surface area contributed by atoms with Crippen LogP contribution in [0.5, 0.6) is 5.75 Å². The van der Waals surface area contributed by atoms with Crippen LogP contribution in [-0.2, 0) is 17.8 Å². The Labute approximate surface area is 123 Å². The topological polar surface area (TPSA) is 73.1 Å². The van der Waals surface area contributed by atoms with Crippen molar-refractivity contribution in [3.8, 4) is 11.8 Å². The van der Waals surface area contributed by atoms with Crippen LogP contribution in [0, 0.1) is 11.3 Å². The second kappa shape index (κ2) is 7.11. The Hall–Kier alpha value is -2.80. The van der Waals surface area contributed by atoms with Crippen molar-refractivity contribution in [3.05, 3.63) is 65.2 Å². The molecule has 0 heterocycles. The largest absolute Gasteiger partial charge is 0.508 e. The Morgan fingerprint density at radius 1 is 1.05 bits per heavy atom. The van der Waals surface area contributed by atoms with Gasteiger partial charge in [0.1, 0.15) is 5.75 Å². The van der Waals surface area contributed by atoms with Crippen LogP contribution in [0.25, 0.3) is 0 Å². The van der Waals surface area contributed by atoms with Gasteiger partial charge in [-0.25, -0.2) is 0 Å². The molecule has 0 aliphatic heterocycles. The lowest BCUT2D eigenvalue weighted by Gasteiger charge is -2.06. The number of hydrogen-bond donors (Lipinski definition) is 2. The van der Waals surface area contributed by atoms with Crippen molar-refractivity contribution >= 4 is 5.91 Å². The minimum Gasteiger partial charge on any atom is -0.508 e. The molecule has 0 aliphatic rings. The molecule has 0 saturated carbocycles. The normalized spacial score (nSPS) is 9.86. The lowest BCUT2D eigenvalue weighted by molar-refractivity contribution is -0.121. The predicted octanol–water partition coefficient (Wildman–Crippen LogP) is 2.51. The number of rotatable bonds is 5. The summed E-state index contributed by atoms with van der Waals surface area (Å²) in [6, 6.07) is 16.0. The fraction of sp³-hybridized carbons (Fsp3) is 0.176. The van der Waals surface area contributed by atoms with E-state index < -0.39 is 0 Å². The van der Waals surface area contributed by atoms with Gasteiger partial charge in [-0.2, -0.15) is 5.26 Å². The molecule has 0 bridgehead atoms. The molecule has 21 heavy (non-hydrogen) atoms. The number of benzene rings is 2.